The van der Waals surface area contributed by atoms with Crippen molar-refractivity contribution in [3.63, 3.8) is 0 Å². The van der Waals surface area contributed by atoms with Crippen LogP contribution in [0.5, 0.6) is 0 Å². The number of para-hydroxylation sites is 1. The SMILES string of the molecule is CC1=CC(/C=C/c2ccc3cc(N(C)C)ccc3[n+]2C)C(C)N1c1ccccc1. The van der Waals surface area contributed by atoms with Crippen molar-refractivity contribution in [2.24, 2.45) is 13.0 Å². The second-order valence-corrected chi connectivity index (χ2v) is 8.15. The van der Waals surface area contributed by atoms with Gasteiger partial charge in [-0.1, -0.05) is 30.4 Å². The topological polar surface area (TPSA) is 10.4 Å². The summed E-state index contributed by atoms with van der Waals surface area (Å²) in [5.41, 5.74) is 6.26. The molecule has 4 rings (SSSR count). The zero-order valence-corrected chi connectivity index (χ0v) is 18.0. The van der Waals surface area contributed by atoms with Gasteiger partial charge in [0.15, 0.2) is 0 Å². The summed E-state index contributed by atoms with van der Waals surface area (Å²) in [6, 6.07) is 22.1. The van der Waals surface area contributed by atoms with E-state index in [-0.39, 0.29) is 0 Å². The van der Waals surface area contributed by atoms with Crippen LogP contribution in [0.25, 0.3) is 17.0 Å². The minimum atomic E-state index is 0.391. The van der Waals surface area contributed by atoms with E-state index in [1.807, 2.05) is 0 Å². The van der Waals surface area contributed by atoms with Gasteiger partial charge in [0.2, 0.25) is 11.2 Å². The Hall–Kier alpha value is -3.07. The van der Waals surface area contributed by atoms with Crippen molar-refractivity contribution in [3.8, 4) is 0 Å². The van der Waals surface area contributed by atoms with Gasteiger partial charge >= 0.3 is 0 Å². The summed E-state index contributed by atoms with van der Waals surface area (Å²) in [6.07, 6.45) is 6.98. The van der Waals surface area contributed by atoms with Gasteiger partial charge in [-0.25, -0.2) is 0 Å². The molecule has 0 spiro atoms. The van der Waals surface area contributed by atoms with Crippen LogP contribution in [0.3, 0.4) is 0 Å². The van der Waals surface area contributed by atoms with Crippen LogP contribution >= 0.6 is 0 Å². The van der Waals surface area contributed by atoms with E-state index >= 15 is 0 Å². The van der Waals surface area contributed by atoms with Gasteiger partial charge in [0.05, 0.1) is 0 Å². The van der Waals surface area contributed by atoms with E-state index in [0.29, 0.717) is 12.0 Å². The first-order valence-corrected chi connectivity index (χ1v) is 10.3. The zero-order valence-electron chi connectivity index (χ0n) is 18.0. The van der Waals surface area contributed by atoms with Crippen LogP contribution in [0.2, 0.25) is 0 Å². The van der Waals surface area contributed by atoms with Crippen LogP contribution in [-0.4, -0.2) is 20.1 Å². The predicted molar refractivity (Wildman–Crippen MR) is 124 cm³/mol. The maximum Gasteiger partial charge on any atom is 0.212 e. The molecule has 0 N–H and O–H groups in total. The Labute approximate surface area is 174 Å². The average molecular weight is 385 g/mol. The van der Waals surface area contributed by atoms with Gasteiger partial charge in [0.1, 0.15) is 7.05 Å². The number of hydrogen-bond acceptors (Lipinski definition) is 2. The van der Waals surface area contributed by atoms with Crippen molar-refractivity contribution in [3.05, 3.63) is 84.2 Å². The zero-order chi connectivity index (χ0) is 20.5. The molecule has 0 bridgehead atoms. The normalized spacial score (nSPS) is 19.2. The highest BCUT2D eigenvalue weighted by Crippen LogP contribution is 2.33. The molecule has 3 heteroatoms. The number of benzene rings is 2. The van der Waals surface area contributed by atoms with Gasteiger partial charge in [-0.2, -0.15) is 4.57 Å². The molecule has 1 aromatic heterocycles. The maximum atomic E-state index is 2.43. The number of aromatic nitrogens is 1. The highest BCUT2D eigenvalue weighted by atomic mass is 15.2. The van der Waals surface area contributed by atoms with E-state index in [2.05, 4.69) is 128 Å². The molecule has 0 fully saturated rings. The monoisotopic (exact) mass is 384 g/mol. The molecule has 2 heterocycles. The average Bonchev–Trinajstić information content (AvgIpc) is 3.01. The van der Waals surface area contributed by atoms with Crippen LogP contribution in [0.15, 0.2) is 78.5 Å². The lowest BCUT2D eigenvalue weighted by Gasteiger charge is -2.28. The summed E-state index contributed by atoms with van der Waals surface area (Å²) in [4.78, 5) is 4.57. The fourth-order valence-corrected chi connectivity index (χ4v) is 4.30. The summed E-state index contributed by atoms with van der Waals surface area (Å²) < 4.78 is 2.27. The molecule has 0 saturated heterocycles. The molecule has 0 aliphatic carbocycles. The van der Waals surface area contributed by atoms with Gasteiger partial charge in [-0.05, 0) is 44.2 Å². The Morgan fingerprint density at radius 1 is 1.00 bits per heavy atom. The van der Waals surface area contributed by atoms with Crippen LogP contribution < -0.4 is 14.4 Å². The van der Waals surface area contributed by atoms with E-state index in [4.69, 9.17) is 0 Å². The van der Waals surface area contributed by atoms with Gasteiger partial charge in [0, 0.05) is 66.7 Å². The molecule has 3 aromatic rings. The van der Waals surface area contributed by atoms with E-state index in [1.54, 1.807) is 0 Å². The third-order valence-electron chi connectivity index (χ3n) is 6.01. The number of aryl methyl sites for hydroxylation is 1. The number of nitrogens with zero attached hydrogens (tertiary/aromatic N) is 3. The number of pyridine rings is 1. The predicted octanol–water partition coefficient (Wildman–Crippen LogP) is 5.17. The number of allylic oxidation sites excluding steroid dienone is 1. The van der Waals surface area contributed by atoms with Crippen molar-refractivity contribution in [2.45, 2.75) is 19.9 Å². The number of rotatable bonds is 4. The molecule has 148 valence electrons. The fraction of sp³-hybridized carbons (Fsp3) is 0.269. The molecule has 2 aromatic carbocycles. The largest absolute Gasteiger partial charge is 0.378 e. The lowest BCUT2D eigenvalue weighted by Crippen LogP contribution is -2.33. The smallest absolute Gasteiger partial charge is 0.212 e. The van der Waals surface area contributed by atoms with E-state index in [0.717, 1.165) is 0 Å². The molecule has 0 amide bonds. The molecule has 2 unspecified atom stereocenters. The van der Waals surface area contributed by atoms with Crippen molar-refractivity contribution < 1.29 is 4.57 Å². The summed E-state index contributed by atoms with van der Waals surface area (Å²) in [7, 11) is 6.30. The third-order valence-corrected chi connectivity index (χ3v) is 6.01. The quantitative estimate of drug-likeness (QED) is 0.574. The number of anilines is 2. The molecule has 3 nitrogen and oxygen atoms in total. The Bertz CT molecular complexity index is 1080. The lowest BCUT2D eigenvalue weighted by molar-refractivity contribution is -0.646. The molecule has 1 aliphatic heterocycles. The first-order valence-electron chi connectivity index (χ1n) is 10.3. The van der Waals surface area contributed by atoms with Gasteiger partial charge in [-0.15, -0.1) is 0 Å². The molecular formula is C26H30N3+. The summed E-state index contributed by atoms with van der Waals surface area (Å²) >= 11 is 0. The van der Waals surface area contributed by atoms with Crippen LogP contribution in [0.4, 0.5) is 11.4 Å². The molecule has 1 aliphatic rings. The number of hydrogen-bond donors (Lipinski definition) is 0. The summed E-state index contributed by atoms with van der Waals surface area (Å²) in [6.45, 7) is 4.51. The fourth-order valence-electron chi connectivity index (χ4n) is 4.30. The van der Waals surface area contributed by atoms with E-state index in [9.17, 15) is 0 Å². The minimum absolute atomic E-state index is 0.391. The Balaban J connectivity index is 1.60. The van der Waals surface area contributed by atoms with Crippen LogP contribution in [-0.2, 0) is 7.05 Å². The first kappa shape index (κ1) is 19.3. The van der Waals surface area contributed by atoms with Crippen LogP contribution in [0, 0.1) is 5.92 Å². The Morgan fingerprint density at radius 3 is 2.48 bits per heavy atom. The van der Waals surface area contributed by atoms with Crippen molar-refractivity contribution >= 4 is 28.4 Å². The second-order valence-electron chi connectivity index (χ2n) is 8.15. The summed E-state index contributed by atoms with van der Waals surface area (Å²) in [5.74, 6) is 0.391. The van der Waals surface area contributed by atoms with Crippen molar-refractivity contribution in [2.75, 3.05) is 23.9 Å². The van der Waals surface area contributed by atoms with E-state index in [1.165, 1.54) is 33.7 Å². The van der Waals surface area contributed by atoms with Gasteiger partial charge in [0.25, 0.3) is 0 Å². The second kappa shape index (κ2) is 7.75. The molecule has 2 atom stereocenters. The third kappa shape index (κ3) is 3.65. The molecule has 0 saturated carbocycles. The first-order chi connectivity index (χ1) is 14.0. The van der Waals surface area contributed by atoms with Crippen molar-refractivity contribution in [1.82, 2.24) is 0 Å². The van der Waals surface area contributed by atoms with E-state index < -0.39 is 0 Å². The van der Waals surface area contributed by atoms with Crippen molar-refractivity contribution in [1.29, 1.82) is 0 Å². The van der Waals surface area contributed by atoms with Crippen LogP contribution in [0.1, 0.15) is 19.5 Å². The minimum Gasteiger partial charge on any atom is -0.378 e. The molecule has 0 radical (unpaired) electrons. The molecular weight excluding hydrogens is 354 g/mol. The highest BCUT2D eigenvalue weighted by Gasteiger charge is 2.28. The standard InChI is InChI=1S/C26H30N3/c1-19-17-21(20(2)29(19)24-9-7-6-8-10-24)11-13-23-14-12-22-18-25(27(3)4)15-16-26(22)28(23)5/h6-18,20-21H,1-5H3/q+1/b13-11+. The maximum absolute atomic E-state index is 2.43. The Morgan fingerprint density at radius 2 is 1.76 bits per heavy atom. The highest BCUT2D eigenvalue weighted by molar-refractivity contribution is 5.80. The Kier molecular flexibility index (Phi) is 5.14. The number of fused-ring (bicyclic) bond motifs is 1. The summed E-state index contributed by atoms with van der Waals surface area (Å²) in [5, 5.41) is 1.26. The van der Waals surface area contributed by atoms with Gasteiger partial charge in [-0.3, -0.25) is 0 Å². The van der Waals surface area contributed by atoms with Gasteiger partial charge < -0.3 is 9.80 Å². The molecule has 29 heavy (non-hydrogen) atoms. The lowest BCUT2D eigenvalue weighted by atomic mass is 10.0.